The summed E-state index contributed by atoms with van der Waals surface area (Å²) in [6, 6.07) is -0.172. The molecular formula is C11H16BrN5O. The number of carbonyl (C=O) groups is 1. The van der Waals surface area contributed by atoms with Crippen LogP contribution < -0.4 is 15.5 Å². The molecule has 6 nitrogen and oxygen atoms in total. The van der Waals surface area contributed by atoms with E-state index >= 15 is 0 Å². The third kappa shape index (κ3) is 2.40. The van der Waals surface area contributed by atoms with Crippen molar-refractivity contribution >= 4 is 33.6 Å². The second kappa shape index (κ2) is 5.51. The Balaban J connectivity index is 2.36. The standard InChI is InChI=1S/C11H16BrN5O/c1-3-8-10(18)14-4-5-17(8)9-7(12)6-15-11(13-2)16-9/h6,8H,3-5H2,1-2H3,(H,14,18)(H,13,15,16). The number of hydrogen-bond donors (Lipinski definition) is 2. The molecule has 0 aliphatic carbocycles. The van der Waals surface area contributed by atoms with Gasteiger partial charge in [0.15, 0.2) is 0 Å². The molecular weight excluding hydrogens is 298 g/mol. The van der Waals surface area contributed by atoms with Gasteiger partial charge in [-0.25, -0.2) is 4.98 Å². The van der Waals surface area contributed by atoms with E-state index in [1.807, 2.05) is 11.8 Å². The van der Waals surface area contributed by atoms with Crippen LogP contribution in [0.2, 0.25) is 0 Å². The number of hydrogen-bond acceptors (Lipinski definition) is 5. The maximum Gasteiger partial charge on any atom is 0.242 e. The van der Waals surface area contributed by atoms with Crippen molar-refractivity contribution in [1.82, 2.24) is 15.3 Å². The summed E-state index contributed by atoms with van der Waals surface area (Å²) in [6.07, 6.45) is 2.45. The number of anilines is 2. The molecule has 0 spiro atoms. The molecule has 1 aliphatic rings. The lowest BCUT2D eigenvalue weighted by molar-refractivity contribution is -0.123. The van der Waals surface area contributed by atoms with Crippen molar-refractivity contribution in [3.8, 4) is 0 Å². The lowest BCUT2D eigenvalue weighted by atomic mass is 10.1. The number of rotatable bonds is 3. The van der Waals surface area contributed by atoms with Crippen molar-refractivity contribution in [3.63, 3.8) is 0 Å². The van der Waals surface area contributed by atoms with Crippen molar-refractivity contribution in [2.75, 3.05) is 30.4 Å². The van der Waals surface area contributed by atoms with Gasteiger partial charge in [-0.1, -0.05) is 6.92 Å². The molecule has 1 aliphatic heterocycles. The van der Waals surface area contributed by atoms with Crippen LogP contribution in [0.4, 0.5) is 11.8 Å². The molecule has 1 fully saturated rings. The maximum atomic E-state index is 11.8. The van der Waals surface area contributed by atoms with Gasteiger partial charge in [0.1, 0.15) is 11.9 Å². The first-order valence-electron chi connectivity index (χ1n) is 5.92. The molecule has 7 heteroatoms. The smallest absolute Gasteiger partial charge is 0.242 e. The fraction of sp³-hybridized carbons (Fsp3) is 0.545. The fourth-order valence-corrected chi connectivity index (χ4v) is 2.47. The number of nitrogens with zero attached hydrogens (tertiary/aromatic N) is 3. The van der Waals surface area contributed by atoms with Crippen LogP contribution in [0.1, 0.15) is 13.3 Å². The van der Waals surface area contributed by atoms with Crippen LogP contribution in [-0.2, 0) is 4.79 Å². The molecule has 1 aromatic rings. The van der Waals surface area contributed by atoms with Crippen molar-refractivity contribution in [1.29, 1.82) is 0 Å². The molecule has 2 heterocycles. The summed E-state index contributed by atoms with van der Waals surface area (Å²) >= 11 is 3.45. The van der Waals surface area contributed by atoms with Crippen molar-refractivity contribution in [3.05, 3.63) is 10.7 Å². The Morgan fingerprint density at radius 3 is 3.11 bits per heavy atom. The van der Waals surface area contributed by atoms with Crippen LogP contribution in [-0.4, -0.2) is 42.1 Å². The highest BCUT2D eigenvalue weighted by Gasteiger charge is 2.30. The molecule has 1 aromatic heterocycles. The zero-order valence-corrected chi connectivity index (χ0v) is 12.0. The number of piperazine rings is 1. The molecule has 2 rings (SSSR count). The predicted molar refractivity (Wildman–Crippen MR) is 73.7 cm³/mol. The predicted octanol–water partition coefficient (Wildman–Crippen LogP) is 0.996. The molecule has 98 valence electrons. The average Bonchev–Trinajstić information content (AvgIpc) is 2.39. The van der Waals surface area contributed by atoms with Gasteiger partial charge in [-0.3, -0.25) is 4.79 Å². The Bertz CT molecular complexity index is 453. The first kappa shape index (κ1) is 13.1. The van der Waals surface area contributed by atoms with E-state index in [9.17, 15) is 4.79 Å². The van der Waals surface area contributed by atoms with E-state index in [0.717, 1.165) is 23.3 Å². The van der Waals surface area contributed by atoms with Gasteiger partial charge in [0.2, 0.25) is 11.9 Å². The number of carbonyl (C=O) groups excluding carboxylic acids is 1. The molecule has 0 saturated carbocycles. The zero-order chi connectivity index (χ0) is 13.1. The molecule has 18 heavy (non-hydrogen) atoms. The second-order valence-electron chi connectivity index (χ2n) is 4.02. The Morgan fingerprint density at radius 1 is 1.67 bits per heavy atom. The Morgan fingerprint density at radius 2 is 2.44 bits per heavy atom. The largest absolute Gasteiger partial charge is 0.357 e. The van der Waals surface area contributed by atoms with Gasteiger partial charge in [0.25, 0.3) is 0 Å². The van der Waals surface area contributed by atoms with E-state index in [0.29, 0.717) is 12.5 Å². The minimum Gasteiger partial charge on any atom is -0.357 e. The Labute approximate surface area is 114 Å². The third-order valence-corrected chi connectivity index (χ3v) is 3.50. The van der Waals surface area contributed by atoms with Gasteiger partial charge >= 0.3 is 0 Å². The topological polar surface area (TPSA) is 70.2 Å². The van der Waals surface area contributed by atoms with Gasteiger partial charge in [-0.2, -0.15) is 4.98 Å². The van der Waals surface area contributed by atoms with E-state index in [-0.39, 0.29) is 11.9 Å². The van der Waals surface area contributed by atoms with Crippen LogP contribution in [0.15, 0.2) is 10.7 Å². The summed E-state index contributed by atoms with van der Waals surface area (Å²) in [7, 11) is 1.77. The van der Waals surface area contributed by atoms with Crippen LogP contribution in [0.25, 0.3) is 0 Å². The molecule has 0 bridgehead atoms. The van der Waals surface area contributed by atoms with Crippen LogP contribution in [0, 0.1) is 0 Å². The second-order valence-corrected chi connectivity index (χ2v) is 4.88. The van der Waals surface area contributed by atoms with Gasteiger partial charge in [-0.05, 0) is 22.4 Å². The van der Waals surface area contributed by atoms with Crippen LogP contribution >= 0.6 is 15.9 Å². The lowest BCUT2D eigenvalue weighted by Crippen LogP contribution is -2.55. The van der Waals surface area contributed by atoms with Gasteiger partial charge in [0.05, 0.1) is 4.47 Å². The van der Waals surface area contributed by atoms with E-state index in [2.05, 4.69) is 36.5 Å². The van der Waals surface area contributed by atoms with Gasteiger partial charge in [0, 0.05) is 26.3 Å². The number of halogens is 1. The maximum absolute atomic E-state index is 11.8. The summed E-state index contributed by atoms with van der Waals surface area (Å²) in [5, 5.41) is 5.78. The minimum atomic E-state index is -0.172. The average molecular weight is 314 g/mol. The van der Waals surface area contributed by atoms with Crippen LogP contribution in [0.5, 0.6) is 0 Å². The normalized spacial score (nSPS) is 19.6. The van der Waals surface area contributed by atoms with E-state index < -0.39 is 0 Å². The number of aromatic nitrogens is 2. The Kier molecular flexibility index (Phi) is 4.00. The molecule has 1 unspecified atom stereocenters. The third-order valence-electron chi connectivity index (χ3n) is 2.94. The van der Waals surface area contributed by atoms with E-state index in [1.54, 1.807) is 13.2 Å². The van der Waals surface area contributed by atoms with Crippen molar-refractivity contribution in [2.45, 2.75) is 19.4 Å². The van der Waals surface area contributed by atoms with Crippen molar-refractivity contribution < 1.29 is 4.79 Å². The van der Waals surface area contributed by atoms with Gasteiger partial charge in [-0.15, -0.1) is 0 Å². The highest BCUT2D eigenvalue weighted by Crippen LogP contribution is 2.27. The summed E-state index contributed by atoms with van der Waals surface area (Å²) in [6.45, 7) is 3.39. The molecule has 0 aromatic carbocycles. The fourth-order valence-electron chi connectivity index (χ4n) is 2.05. The quantitative estimate of drug-likeness (QED) is 0.871. The molecule has 1 saturated heterocycles. The number of amides is 1. The molecule has 0 radical (unpaired) electrons. The highest BCUT2D eigenvalue weighted by atomic mass is 79.9. The summed E-state index contributed by atoms with van der Waals surface area (Å²) in [4.78, 5) is 22.4. The first-order chi connectivity index (χ1) is 8.67. The van der Waals surface area contributed by atoms with Crippen LogP contribution in [0.3, 0.4) is 0 Å². The monoisotopic (exact) mass is 313 g/mol. The summed E-state index contributed by atoms with van der Waals surface area (Å²) in [5.41, 5.74) is 0. The summed E-state index contributed by atoms with van der Waals surface area (Å²) in [5.74, 6) is 1.37. The highest BCUT2D eigenvalue weighted by molar-refractivity contribution is 9.10. The Hall–Kier alpha value is -1.37. The lowest BCUT2D eigenvalue weighted by Gasteiger charge is -2.35. The molecule has 1 atom stereocenters. The van der Waals surface area contributed by atoms with E-state index in [1.165, 1.54) is 0 Å². The first-order valence-corrected chi connectivity index (χ1v) is 6.71. The molecule has 2 N–H and O–H groups in total. The zero-order valence-electron chi connectivity index (χ0n) is 10.4. The molecule has 1 amide bonds. The van der Waals surface area contributed by atoms with Gasteiger partial charge < -0.3 is 15.5 Å². The van der Waals surface area contributed by atoms with E-state index in [4.69, 9.17) is 0 Å². The SMILES string of the molecule is CCC1C(=O)NCCN1c1nc(NC)ncc1Br. The minimum absolute atomic E-state index is 0.0558. The van der Waals surface area contributed by atoms with Crippen molar-refractivity contribution in [2.24, 2.45) is 0 Å². The number of nitrogens with one attached hydrogen (secondary N) is 2. The summed E-state index contributed by atoms with van der Waals surface area (Å²) < 4.78 is 0.801.